The van der Waals surface area contributed by atoms with E-state index in [0.29, 0.717) is 43.4 Å². The number of carbonyl (C=O) groups excluding carboxylic acids is 1. The topological polar surface area (TPSA) is 89.4 Å². The van der Waals surface area contributed by atoms with Crippen LogP contribution in [0, 0.1) is 0 Å². The second-order valence-electron chi connectivity index (χ2n) is 9.80. The Morgan fingerprint density at radius 1 is 1.05 bits per heavy atom. The first-order chi connectivity index (χ1) is 19.5. The van der Waals surface area contributed by atoms with Crippen molar-refractivity contribution in [2.24, 2.45) is 4.99 Å². The summed E-state index contributed by atoms with van der Waals surface area (Å²) in [6, 6.07) is 23.0. The number of aliphatic imine (C=N–C) groups is 1. The van der Waals surface area contributed by atoms with E-state index in [1.165, 1.54) is 0 Å². The van der Waals surface area contributed by atoms with E-state index in [1.54, 1.807) is 7.11 Å². The molecule has 7 nitrogen and oxygen atoms in total. The predicted molar refractivity (Wildman–Crippen MR) is 160 cm³/mol. The third kappa shape index (κ3) is 7.04. The smallest absolute Gasteiger partial charge is 0.252 e. The molecule has 0 bridgehead atoms. The zero-order valence-electron chi connectivity index (χ0n) is 23.1. The lowest BCUT2D eigenvalue weighted by atomic mass is 9.82. The molecule has 1 aliphatic rings. The van der Waals surface area contributed by atoms with Crippen molar-refractivity contribution in [3.63, 3.8) is 0 Å². The zero-order chi connectivity index (χ0) is 28.4. The molecule has 0 radical (unpaired) electrons. The van der Waals surface area contributed by atoms with Crippen molar-refractivity contribution in [1.29, 1.82) is 0 Å². The van der Waals surface area contributed by atoms with Crippen LogP contribution >= 0.6 is 15.9 Å². The Bertz CT molecular complexity index is 1300. The normalized spacial score (nSPS) is 18.1. The van der Waals surface area contributed by atoms with E-state index in [-0.39, 0.29) is 12.5 Å². The number of rotatable bonds is 14. The number of amides is 1. The number of methoxy groups -OCH3 is 1. The maximum Gasteiger partial charge on any atom is 0.252 e. The summed E-state index contributed by atoms with van der Waals surface area (Å²) >= 11 is 3.67. The average Bonchev–Trinajstić information content (AvgIpc) is 3.37. The van der Waals surface area contributed by atoms with Gasteiger partial charge in [-0.1, -0.05) is 66.0 Å². The van der Waals surface area contributed by atoms with E-state index < -0.39 is 11.6 Å². The lowest BCUT2D eigenvalue weighted by Crippen LogP contribution is -2.50. The van der Waals surface area contributed by atoms with Gasteiger partial charge in [-0.3, -0.25) is 4.79 Å². The number of aliphatic hydroxyl groups is 1. The molecule has 2 atom stereocenters. The van der Waals surface area contributed by atoms with Gasteiger partial charge in [0.1, 0.15) is 11.5 Å². The number of ether oxygens (including phenoxy) is 3. The molecule has 3 aromatic carbocycles. The lowest BCUT2D eigenvalue weighted by Gasteiger charge is -2.31. The van der Waals surface area contributed by atoms with Crippen LogP contribution in [-0.2, 0) is 16.0 Å². The standard InChI is InChI=1S/C32H37BrN2O5/c1-3-4-7-18-34-31(37)32(22-25-10-5-6-13-28(25)33)29(24-11-8-12-27(21-24)38-2)40-30(35-32)23-14-16-26(17-15-23)39-20-9-19-36/h5-6,8,10-17,21,29,36H,3-4,7,9,18-20,22H2,1-2H3,(H,34,37)/t29-,32-/m1/s1. The summed E-state index contributed by atoms with van der Waals surface area (Å²) < 4.78 is 18.7. The molecule has 1 aliphatic heterocycles. The fourth-order valence-corrected chi connectivity index (χ4v) is 5.17. The summed E-state index contributed by atoms with van der Waals surface area (Å²) in [5.74, 6) is 1.59. The predicted octanol–water partition coefficient (Wildman–Crippen LogP) is 6.02. The molecule has 1 heterocycles. The largest absolute Gasteiger partial charge is 0.497 e. The quantitative estimate of drug-likeness (QED) is 0.218. The van der Waals surface area contributed by atoms with Gasteiger partial charge in [0, 0.05) is 36.0 Å². The van der Waals surface area contributed by atoms with E-state index in [2.05, 4.69) is 28.2 Å². The summed E-state index contributed by atoms with van der Waals surface area (Å²) in [5, 5.41) is 12.2. The number of carbonyl (C=O) groups is 1. The molecule has 1 amide bonds. The SMILES string of the molecule is CCCCCNC(=O)[C@]1(Cc2ccccc2Br)N=C(c2ccc(OCCCO)cc2)O[C@@H]1c1cccc(OC)c1. The van der Waals surface area contributed by atoms with Gasteiger partial charge >= 0.3 is 0 Å². The second-order valence-corrected chi connectivity index (χ2v) is 10.7. The van der Waals surface area contributed by atoms with Crippen LogP contribution in [0.5, 0.6) is 11.5 Å². The maximum absolute atomic E-state index is 14.2. The summed E-state index contributed by atoms with van der Waals surface area (Å²) in [6.07, 6.45) is 3.21. The number of aliphatic hydroxyl groups excluding tert-OH is 1. The Kier molecular flexibility index (Phi) is 10.6. The molecule has 0 fully saturated rings. The Hall–Kier alpha value is -3.36. The van der Waals surface area contributed by atoms with Gasteiger partial charge in [0.05, 0.1) is 13.7 Å². The molecule has 0 saturated heterocycles. The number of halogens is 1. The maximum atomic E-state index is 14.2. The molecule has 0 saturated carbocycles. The average molecular weight is 610 g/mol. The van der Waals surface area contributed by atoms with Crippen molar-refractivity contribution in [3.05, 3.63) is 94.0 Å². The number of hydrogen-bond donors (Lipinski definition) is 2. The van der Waals surface area contributed by atoms with Crippen molar-refractivity contribution < 1.29 is 24.1 Å². The van der Waals surface area contributed by atoms with Crippen LogP contribution in [0.4, 0.5) is 0 Å². The van der Waals surface area contributed by atoms with Crippen LogP contribution in [0.2, 0.25) is 0 Å². The van der Waals surface area contributed by atoms with Gasteiger partial charge in [-0.05, 0) is 60.0 Å². The van der Waals surface area contributed by atoms with Gasteiger partial charge < -0.3 is 24.6 Å². The van der Waals surface area contributed by atoms with Gasteiger partial charge in [-0.15, -0.1) is 0 Å². The third-order valence-electron chi connectivity index (χ3n) is 6.91. The van der Waals surface area contributed by atoms with Crippen LogP contribution in [0.3, 0.4) is 0 Å². The summed E-state index contributed by atoms with van der Waals surface area (Å²) in [6.45, 7) is 3.21. The molecule has 4 rings (SSSR count). The molecule has 8 heteroatoms. The fourth-order valence-electron chi connectivity index (χ4n) is 4.75. The Morgan fingerprint density at radius 2 is 1.85 bits per heavy atom. The van der Waals surface area contributed by atoms with Gasteiger partial charge in [0.25, 0.3) is 5.91 Å². The molecule has 0 unspecified atom stereocenters. The second kappa shape index (κ2) is 14.3. The third-order valence-corrected chi connectivity index (χ3v) is 7.68. The molecule has 40 heavy (non-hydrogen) atoms. The molecular formula is C32H37BrN2O5. The minimum absolute atomic E-state index is 0.0779. The van der Waals surface area contributed by atoms with Crippen molar-refractivity contribution in [3.8, 4) is 11.5 Å². The highest BCUT2D eigenvalue weighted by molar-refractivity contribution is 9.10. The lowest BCUT2D eigenvalue weighted by molar-refractivity contribution is -0.128. The first kappa shape index (κ1) is 29.6. The highest BCUT2D eigenvalue weighted by Gasteiger charge is 2.53. The highest BCUT2D eigenvalue weighted by atomic mass is 79.9. The Balaban J connectivity index is 1.77. The van der Waals surface area contributed by atoms with E-state index in [4.69, 9.17) is 24.3 Å². The minimum atomic E-state index is -1.26. The van der Waals surface area contributed by atoms with Gasteiger partial charge in [0.2, 0.25) is 5.90 Å². The Labute approximate surface area is 244 Å². The Morgan fingerprint density at radius 3 is 2.58 bits per heavy atom. The number of unbranched alkanes of at least 4 members (excludes halogenated alkanes) is 2. The van der Waals surface area contributed by atoms with Crippen LogP contribution in [0.1, 0.15) is 55.4 Å². The van der Waals surface area contributed by atoms with E-state index in [1.807, 2.05) is 72.8 Å². The van der Waals surface area contributed by atoms with Gasteiger partial charge in [-0.2, -0.15) is 0 Å². The van der Waals surface area contributed by atoms with Crippen LogP contribution < -0.4 is 14.8 Å². The first-order valence-electron chi connectivity index (χ1n) is 13.8. The number of hydrogen-bond acceptors (Lipinski definition) is 6. The van der Waals surface area contributed by atoms with E-state index in [9.17, 15) is 4.79 Å². The number of benzene rings is 3. The fraction of sp³-hybridized carbons (Fsp3) is 0.375. The summed E-state index contributed by atoms with van der Waals surface area (Å²) in [5.41, 5.74) is 1.25. The van der Waals surface area contributed by atoms with Crippen LogP contribution in [0.15, 0.2) is 82.3 Å². The van der Waals surface area contributed by atoms with Crippen molar-refractivity contribution in [1.82, 2.24) is 5.32 Å². The minimum Gasteiger partial charge on any atom is -0.497 e. The summed E-state index contributed by atoms with van der Waals surface area (Å²) in [7, 11) is 1.62. The van der Waals surface area contributed by atoms with Crippen molar-refractivity contribution in [2.75, 3.05) is 26.9 Å². The molecular weight excluding hydrogens is 572 g/mol. The number of nitrogens with one attached hydrogen (secondary N) is 1. The monoisotopic (exact) mass is 608 g/mol. The molecule has 0 aliphatic carbocycles. The van der Waals surface area contributed by atoms with Crippen molar-refractivity contribution in [2.45, 2.75) is 50.7 Å². The molecule has 3 aromatic rings. The van der Waals surface area contributed by atoms with E-state index in [0.717, 1.165) is 40.4 Å². The van der Waals surface area contributed by atoms with E-state index >= 15 is 0 Å². The van der Waals surface area contributed by atoms with Crippen LogP contribution in [-0.4, -0.2) is 49.3 Å². The highest BCUT2D eigenvalue weighted by Crippen LogP contribution is 2.44. The van der Waals surface area contributed by atoms with Crippen LogP contribution in [0.25, 0.3) is 0 Å². The molecule has 212 valence electrons. The zero-order valence-corrected chi connectivity index (χ0v) is 24.7. The number of nitrogens with zero attached hydrogens (tertiary/aromatic N) is 1. The molecule has 0 spiro atoms. The van der Waals surface area contributed by atoms with Crippen molar-refractivity contribution >= 4 is 27.7 Å². The molecule has 0 aromatic heterocycles. The summed E-state index contributed by atoms with van der Waals surface area (Å²) in [4.78, 5) is 19.3. The first-order valence-corrected chi connectivity index (χ1v) is 14.6. The van der Waals surface area contributed by atoms with Gasteiger partial charge in [0.15, 0.2) is 11.6 Å². The molecule has 2 N–H and O–H groups in total. The van der Waals surface area contributed by atoms with Gasteiger partial charge in [-0.25, -0.2) is 4.99 Å².